The van der Waals surface area contributed by atoms with Crippen molar-refractivity contribution >= 4 is 17.5 Å². The number of benzene rings is 2. The number of quaternary nitrogens is 1. The van der Waals surface area contributed by atoms with E-state index in [0.717, 1.165) is 24.2 Å². The summed E-state index contributed by atoms with van der Waals surface area (Å²) in [6.45, 7) is 5.43. The van der Waals surface area contributed by atoms with Crippen LogP contribution in [0.25, 0.3) is 0 Å². The molecule has 0 aromatic heterocycles. The molecule has 3 rings (SSSR count). The highest BCUT2D eigenvalue weighted by Gasteiger charge is 2.25. The van der Waals surface area contributed by atoms with Gasteiger partial charge in [-0.25, -0.2) is 4.39 Å². The van der Waals surface area contributed by atoms with Crippen molar-refractivity contribution < 1.29 is 23.6 Å². The van der Waals surface area contributed by atoms with E-state index in [-0.39, 0.29) is 18.3 Å². The largest absolute Gasteiger partial charge is 0.496 e. The van der Waals surface area contributed by atoms with Gasteiger partial charge in [0.1, 0.15) is 23.9 Å². The van der Waals surface area contributed by atoms with Gasteiger partial charge in [-0.3, -0.25) is 4.79 Å². The van der Waals surface area contributed by atoms with E-state index in [1.54, 1.807) is 24.1 Å². The number of hydrogen-bond acceptors (Lipinski definition) is 3. The number of amides is 1. The van der Waals surface area contributed by atoms with Crippen molar-refractivity contribution in [2.45, 2.75) is 13.5 Å². The maximum atomic E-state index is 13.5. The normalized spacial score (nSPS) is 14.8. The van der Waals surface area contributed by atoms with Crippen LogP contribution < -0.4 is 14.4 Å². The molecule has 0 radical (unpaired) electrons. The van der Waals surface area contributed by atoms with E-state index in [1.165, 1.54) is 17.0 Å². The summed E-state index contributed by atoms with van der Waals surface area (Å²) in [6, 6.07) is 10.0. The van der Waals surface area contributed by atoms with Crippen LogP contribution in [0, 0.1) is 12.7 Å². The molecule has 0 spiro atoms. The Morgan fingerprint density at radius 1 is 1.18 bits per heavy atom. The molecule has 1 aliphatic rings. The Morgan fingerprint density at radius 3 is 2.64 bits per heavy atom. The summed E-state index contributed by atoms with van der Waals surface area (Å²) in [6.07, 6.45) is 0. The molecule has 1 heterocycles. The van der Waals surface area contributed by atoms with E-state index in [4.69, 9.17) is 21.1 Å². The first-order chi connectivity index (χ1) is 13.5. The Hall–Kier alpha value is -2.31. The quantitative estimate of drug-likeness (QED) is 0.797. The maximum Gasteiger partial charge on any atom is 0.260 e. The van der Waals surface area contributed by atoms with Crippen molar-refractivity contribution in [3.8, 4) is 11.5 Å². The fourth-order valence-corrected chi connectivity index (χ4v) is 3.53. The molecular formula is C21H25ClFN2O3+. The smallest absolute Gasteiger partial charge is 0.260 e. The van der Waals surface area contributed by atoms with Gasteiger partial charge in [-0.1, -0.05) is 17.7 Å². The minimum absolute atomic E-state index is 0.0315. The Kier molecular flexibility index (Phi) is 6.75. The van der Waals surface area contributed by atoms with Crippen molar-refractivity contribution in [3.63, 3.8) is 0 Å². The third-order valence-electron chi connectivity index (χ3n) is 4.94. The van der Waals surface area contributed by atoms with Crippen LogP contribution in [0.5, 0.6) is 11.5 Å². The summed E-state index contributed by atoms with van der Waals surface area (Å²) >= 11 is 6.11. The number of aryl methyl sites for hydroxylation is 1. The van der Waals surface area contributed by atoms with Crippen molar-refractivity contribution in [2.24, 2.45) is 0 Å². The van der Waals surface area contributed by atoms with Crippen molar-refractivity contribution in [3.05, 3.63) is 58.4 Å². The molecule has 0 atom stereocenters. The van der Waals surface area contributed by atoms with Crippen LogP contribution in [0.2, 0.25) is 5.02 Å². The van der Waals surface area contributed by atoms with E-state index in [9.17, 15) is 9.18 Å². The minimum atomic E-state index is -0.268. The number of piperazine rings is 1. The van der Waals surface area contributed by atoms with E-state index in [0.29, 0.717) is 36.2 Å². The average molecular weight is 408 g/mol. The van der Waals surface area contributed by atoms with Gasteiger partial charge in [0, 0.05) is 0 Å². The number of ether oxygens (including phenoxy) is 2. The van der Waals surface area contributed by atoms with Crippen LogP contribution in [0.3, 0.4) is 0 Å². The first kappa shape index (κ1) is 20.4. The first-order valence-corrected chi connectivity index (χ1v) is 9.67. The molecule has 150 valence electrons. The molecule has 1 aliphatic heterocycles. The Labute approximate surface area is 169 Å². The zero-order valence-electron chi connectivity index (χ0n) is 16.1. The van der Waals surface area contributed by atoms with E-state index >= 15 is 0 Å². The molecule has 0 unspecified atom stereocenters. The second-order valence-electron chi connectivity index (χ2n) is 6.99. The van der Waals surface area contributed by atoms with Crippen molar-refractivity contribution in [2.75, 3.05) is 39.9 Å². The van der Waals surface area contributed by atoms with Gasteiger partial charge in [-0.2, -0.15) is 0 Å². The summed E-state index contributed by atoms with van der Waals surface area (Å²) in [5.41, 5.74) is 1.87. The number of nitrogens with zero attached hydrogens (tertiary/aromatic N) is 1. The third-order valence-corrected chi connectivity index (χ3v) is 5.26. The summed E-state index contributed by atoms with van der Waals surface area (Å²) in [5, 5.41) is 0.497. The number of hydrogen-bond donors (Lipinski definition) is 1. The second-order valence-corrected chi connectivity index (χ2v) is 7.39. The van der Waals surface area contributed by atoms with E-state index in [1.807, 2.05) is 19.1 Å². The lowest BCUT2D eigenvalue weighted by Gasteiger charge is -2.32. The molecule has 1 N–H and O–H groups in total. The topological polar surface area (TPSA) is 43.2 Å². The highest BCUT2D eigenvalue weighted by molar-refractivity contribution is 6.32. The molecule has 2 aromatic rings. The first-order valence-electron chi connectivity index (χ1n) is 9.29. The molecule has 1 saturated heterocycles. The average Bonchev–Trinajstić information content (AvgIpc) is 2.69. The van der Waals surface area contributed by atoms with Crippen LogP contribution in [-0.4, -0.2) is 50.7 Å². The van der Waals surface area contributed by atoms with Crippen molar-refractivity contribution in [1.82, 2.24) is 4.90 Å². The summed E-state index contributed by atoms with van der Waals surface area (Å²) in [4.78, 5) is 15.5. The standard InChI is InChI=1S/C21H24ClFN2O3/c1-15-3-5-18(22)20(11-15)28-14-21(26)25-9-7-24(8-10-25)13-16-12-17(23)4-6-19(16)27-2/h3-6,11-12H,7-10,13-14H2,1-2H3/p+1. The summed E-state index contributed by atoms with van der Waals surface area (Å²) < 4.78 is 24.5. The molecule has 0 bridgehead atoms. The monoisotopic (exact) mass is 407 g/mol. The highest BCUT2D eigenvalue weighted by Crippen LogP contribution is 2.25. The molecule has 0 aliphatic carbocycles. The molecule has 0 saturated carbocycles. The third kappa shape index (κ3) is 5.14. The number of rotatable bonds is 6. The summed E-state index contributed by atoms with van der Waals surface area (Å²) in [7, 11) is 1.59. The van der Waals surface area contributed by atoms with Crippen LogP contribution in [-0.2, 0) is 11.3 Å². The fraction of sp³-hybridized carbons (Fsp3) is 0.381. The van der Waals surface area contributed by atoms with Crippen LogP contribution >= 0.6 is 11.6 Å². The summed E-state index contributed by atoms with van der Waals surface area (Å²) in [5.74, 6) is 0.893. The number of nitrogens with one attached hydrogen (secondary N) is 1. The number of methoxy groups -OCH3 is 1. The maximum absolute atomic E-state index is 13.5. The molecule has 2 aromatic carbocycles. The number of carbonyl (C=O) groups is 1. The Morgan fingerprint density at radius 2 is 1.93 bits per heavy atom. The van der Waals surface area contributed by atoms with Crippen LogP contribution in [0.1, 0.15) is 11.1 Å². The Balaban J connectivity index is 1.50. The van der Waals surface area contributed by atoms with Gasteiger partial charge in [0.2, 0.25) is 0 Å². The van der Waals surface area contributed by atoms with Crippen LogP contribution in [0.15, 0.2) is 36.4 Å². The van der Waals surface area contributed by atoms with Gasteiger partial charge in [0.15, 0.2) is 6.61 Å². The molecule has 1 fully saturated rings. The van der Waals surface area contributed by atoms with E-state index in [2.05, 4.69) is 0 Å². The molecule has 28 heavy (non-hydrogen) atoms. The van der Waals surface area contributed by atoms with Gasteiger partial charge >= 0.3 is 0 Å². The minimum Gasteiger partial charge on any atom is -0.496 e. The predicted octanol–water partition coefficient (Wildman–Crippen LogP) is 2.10. The van der Waals surface area contributed by atoms with Gasteiger partial charge in [-0.05, 0) is 42.8 Å². The second kappa shape index (κ2) is 9.26. The number of halogens is 2. The molecular weight excluding hydrogens is 383 g/mol. The van der Waals surface area contributed by atoms with Crippen molar-refractivity contribution in [1.29, 1.82) is 0 Å². The molecule has 7 heteroatoms. The van der Waals surface area contributed by atoms with Gasteiger partial charge in [0.25, 0.3) is 5.91 Å². The lowest BCUT2D eigenvalue weighted by molar-refractivity contribution is -0.917. The van der Waals surface area contributed by atoms with E-state index < -0.39 is 0 Å². The lowest BCUT2D eigenvalue weighted by atomic mass is 10.1. The van der Waals surface area contributed by atoms with Gasteiger partial charge in [-0.15, -0.1) is 0 Å². The predicted molar refractivity (Wildman–Crippen MR) is 106 cm³/mol. The molecule has 1 amide bonds. The Bertz CT molecular complexity index is 838. The highest BCUT2D eigenvalue weighted by atomic mass is 35.5. The SMILES string of the molecule is COc1ccc(F)cc1C[NH+]1CCN(C(=O)COc2cc(C)ccc2Cl)CC1. The van der Waals surface area contributed by atoms with Gasteiger partial charge < -0.3 is 19.3 Å². The lowest BCUT2D eigenvalue weighted by Crippen LogP contribution is -3.13. The van der Waals surface area contributed by atoms with Crippen LogP contribution in [0.4, 0.5) is 4.39 Å². The van der Waals surface area contributed by atoms with Gasteiger partial charge in [0.05, 0.1) is 43.9 Å². The zero-order chi connectivity index (χ0) is 20.1. The molecule has 5 nitrogen and oxygen atoms in total. The zero-order valence-corrected chi connectivity index (χ0v) is 16.9. The fourth-order valence-electron chi connectivity index (χ4n) is 3.36. The number of carbonyl (C=O) groups excluding carboxylic acids is 1.